The molecule has 0 amide bonds. The van der Waals surface area contributed by atoms with Crippen molar-refractivity contribution in [1.82, 2.24) is 4.57 Å². The summed E-state index contributed by atoms with van der Waals surface area (Å²) in [6.45, 7) is 6.09. The Kier molecular flexibility index (Phi) is 3.60. The third-order valence-electron chi connectivity index (χ3n) is 4.83. The summed E-state index contributed by atoms with van der Waals surface area (Å²) in [5.74, 6) is 0.0873. The quantitative estimate of drug-likeness (QED) is 0.738. The van der Waals surface area contributed by atoms with Gasteiger partial charge in [-0.2, -0.15) is 4.39 Å². The van der Waals surface area contributed by atoms with E-state index in [1.807, 2.05) is 38.1 Å². The number of aromatic nitrogens is 1. The first-order valence-electron chi connectivity index (χ1n) is 7.85. The van der Waals surface area contributed by atoms with Crippen molar-refractivity contribution < 1.29 is 4.39 Å². The molecular weight excluding hydrogens is 265 g/mol. The van der Waals surface area contributed by atoms with Gasteiger partial charge in [-0.3, -0.25) is 9.36 Å². The summed E-state index contributed by atoms with van der Waals surface area (Å²) in [6.07, 6.45) is 3.04. The molecule has 0 spiro atoms. The molecule has 1 aromatic heterocycles. The largest absolute Gasteiger partial charge is 0.281 e. The summed E-state index contributed by atoms with van der Waals surface area (Å²) in [6, 6.07) is 7.40. The van der Waals surface area contributed by atoms with Crippen LogP contribution in [-0.2, 0) is 0 Å². The molecule has 2 aromatic rings. The van der Waals surface area contributed by atoms with Gasteiger partial charge in [0, 0.05) is 17.0 Å². The van der Waals surface area contributed by atoms with Gasteiger partial charge in [0.1, 0.15) is 0 Å². The van der Waals surface area contributed by atoms with Crippen LogP contribution in [-0.4, -0.2) is 4.57 Å². The van der Waals surface area contributed by atoms with Crippen LogP contribution in [0.5, 0.6) is 0 Å². The smallest absolute Gasteiger partial charge is 0.260 e. The van der Waals surface area contributed by atoms with Crippen molar-refractivity contribution in [1.29, 1.82) is 0 Å². The van der Waals surface area contributed by atoms with E-state index in [-0.39, 0.29) is 23.5 Å². The summed E-state index contributed by atoms with van der Waals surface area (Å²) < 4.78 is 16.5. The summed E-state index contributed by atoms with van der Waals surface area (Å²) in [7, 11) is 0. The maximum absolute atomic E-state index is 15.1. The summed E-state index contributed by atoms with van der Waals surface area (Å²) in [5, 5.41) is 1.40. The molecule has 3 heteroatoms. The van der Waals surface area contributed by atoms with Crippen molar-refractivity contribution >= 4 is 10.8 Å². The molecule has 2 nitrogen and oxygen atoms in total. The molecule has 1 aliphatic rings. The summed E-state index contributed by atoms with van der Waals surface area (Å²) >= 11 is 0. The van der Waals surface area contributed by atoms with Crippen molar-refractivity contribution in [2.75, 3.05) is 0 Å². The van der Waals surface area contributed by atoms with E-state index >= 15 is 4.39 Å². The molecule has 0 N–H and O–H groups in total. The average molecular weight is 287 g/mol. The third kappa shape index (κ3) is 2.19. The van der Waals surface area contributed by atoms with Crippen LogP contribution in [0.3, 0.4) is 0 Å². The molecule has 112 valence electrons. The number of fused-ring (bicyclic) bond motifs is 1. The van der Waals surface area contributed by atoms with Crippen LogP contribution >= 0.6 is 0 Å². The maximum Gasteiger partial charge on any atom is 0.260 e. The van der Waals surface area contributed by atoms with Crippen molar-refractivity contribution in [2.24, 2.45) is 5.92 Å². The zero-order valence-corrected chi connectivity index (χ0v) is 12.9. The van der Waals surface area contributed by atoms with Gasteiger partial charge in [0.15, 0.2) is 0 Å². The fraction of sp³-hybridized carbons (Fsp3) is 0.500. The number of hydrogen-bond donors (Lipinski definition) is 0. The van der Waals surface area contributed by atoms with Crippen LogP contribution in [0, 0.1) is 11.9 Å². The van der Waals surface area contributed by atoms with E-state index in [1.165, 1.54) is 4.57 Å². The standard InChI is InChI=1S/C18H22FNO/c1-11(2)16-13-8-4-5-9-14(13)18(21)20(17(16)19)15-10-6-7-12(15)3/h4-5,8-9,11-12,15H,6-7,10H2,1-3H3/t12-,15-/m0/s1. The number of halogens is 1. The van der Waals surface area contributed by atoms with E-state index in [9.17, 15) is 4.79 Å². The Labute approximate surface area is 124 Å². The second kappa shape index (κ2) is 5.28. The van der Waals surface area contributed by atoms with E-state index in [0.29, 0.717) is 16.9 Å². The molecule has 1 saturated carbocycles. The number of benzene rings is 1. The lowest BCUT2D eigenvalue weighted by atomic mass is 9.96. The van der Waals surface area contributed by atoms with Crippen LogP contribution in [0.4, 0.5) is 4.39 Å². The Balaban J connectivity index is 2.37. The Hall–Kier alpha value is -1.64. The molecular formula is C18H22FNO. The van der Waals surface area contributed by atoms with E-state index in [0.717, 1.165) is 24.6 Å². The van der Waals surface area contributed by atoms with Crippen LogP contribution in [0.2, 0.25) is 0 Å². The van der Waals surface area contributed by atoms with Gasteiger partial charge >= 0.3 is 0 Å². The molecule has 0 unspecified atom stereocenters. The highest BCUT2D eigenvalue weighted by Crippen LogP contribution is 2.37. The number of rotatable bonds is 2. The zero-order valence-electron chi connectivity index (χ0n) is 12.9. The highest BCUT2D eigenvalue weighted by Gasteiger charge is 2.30. The molecule has 0 saturated heterocycles. The molecule has 0 radical (unpaired) electrons. The van der Waals surface area contributed by atoms with Gasteiger partial charge in [0.2, 0.25) is 5.95 Å². The first-order valence-corrected chi connectivity index (χ1v) is 7.85. The Bertz CT molecular complexity index is 732. The van der Waals surface area contributed by atoms with Gasteiger partial charge in [-0.15, -0.1) is 0 Å². The predicted octanol–water partition coefficient (Wildman–Crippen LogP) is 4.63. The van der Waals surface area contributed by atoms with Crippen molar-refractivity contribution in [3.63, 3.8) is 0 Å². The zero-order chi connectivity index (χ0) is 15.1. The molecule has 1 aromatic carbocycles. The molecule has 0 bridgehead atoms. The fourth-order valence-corrected chi connectivity index (χ4v) is 3.72. The van der Waals surface area contributed by atoms with Gasteiger partial charge in [-0.1, -0.05) is 45.4 Å². The topological polar surface area (TPSA) is 22.0 Å². The lowest BCUT2D eigenvalue weighted by Gasteiger charge is -2.23. The van der Waals surface area contributed by atoms with Crippen LogP contribution in [0.15, 0.2) is 29.1 Å². The minimum absolute atomic E-state index is 0.000365. The summed E-state index contributed by atoms with van der Waals surface area (Å²) in [5.41, 5.74) is 0.496. The van der Waals surface area contributed by atoms with E-state index < -0.39 is 0 Å². The number of pyridine rings is 1. The van der Waals surface area contributed by atoms with Gasteiger partial charge in [-0.05, 0) is 36.1 Å². The number of hydrogen-bond acceptors (Lipinski definition) is 1. The van der Waals surface area contributed by atoms with E-state index in [1.54, 1.807) is 0 Å². The molecule has 1 fully saturated rings. The summed E-state index contributed by atoms with van der Waals surface area (Å²) in [4.78, 5) is 12.8. The minimum Gasteiger partial charge on any atom is -0.281 e. The average Bonchev–Trinajstić information content (AvgIpc) is 2.85. The highest BCUT2D eigenvalue weighted by atomic mass is 19.1. The van der Waals surface area contributed by atoms with Gasteiger partial charge in [0.05, 0.1) is 0 Å². The lowest BCUT2D eigenvalue weighted by molar-refractivity contribution is 0.339. The lowest BCUT2D eigenvalue weighted by Crippen LogP contribution is -2.30. The van der Waals surface area contributed by atoms with Crippen molar-refractivity contribution in [3.8, 4) is 0 Å². The van der Waals surface area contributed by atoms with Crippen molar-refractivity contribution in [2.45, 2.75) is 52.0 Å². The monoisotopic (exact) mass is 287 g/mol. The molecule has 1 heterocycles. The van der Waals surface area contributed by atoms with E-state index in [4.69, 9.17) is 0 Å². The van der Waals surface area contributed by atoms with Crippen molar-refractivity contribution in [3.05, 3.63) is 46.1 Å². The fourth-order valence-electron chi connectivity index (χ4n) is 3.72. The second-order valence-corrected chi connectivity index (χ2v) is 6.56. The first kappa shape index (κ1) is 14.3. The van der Waals surface area contributed by atoms with Crippen LogP contribution < -0.4 is 5.56 Å². The molecule has 2 atom stereocenters. The van der Waals surface area contributed by atoms with Gasteiger partial charge in [0.25, 0.3) is 5.56 Å². The van der Waals surface area contributed by atoms with E-state index in [2.05, 4.69) is 6.92 Å². The minimum atomic E-state index is -0.326. The normalized spacial score (nSPS) is 22.3. The van der Waals surface area contributed by atoms with Crippen LogP contribution in [0.1, 0.15) is 57.6 Å². The number of nitrogens with zero attached hydrogens (tertiary/aromatic N) is 1. The first-order chi connectivity index (χ1) is 10.0. The highest BCUT2D eigenvalue weighted by molar-refractivity contribution is 5.85. The third-order valence-corrected chi connectivity index (χ3v) is 4.83. The Morgan fingerprint density at radius 1 is 1.19 bits per heavy atom. The Morgan fingerprint density at radius 3 is 2.43 bits per heavy atom. The van der Waals surface area contributed by atoms with Crippen LogP contribution in [0.25, 0.3) is 10.8 Å². The molecule has 0 aliphatic heterocycles. The molecule has 21 heavy (non-hydrogen) atoms. The second-order valence-electron chi connectivity index (χ2n) is 6.56. The van der Waals surface area contributed by atoms with Gasteiger partial charge < -0.3 is 0 Å². The maximum atomic E-state index is 15.1. The molecule has 1 aliphatic carbocycles. The predicted molar refractivity (Wildman–Crippen MR) is 84.3 cm³/mol. The molecule has 3 rings (SSSR count). The SMILES string of the molecule is CC(C)c1c(F)n([C@H]2CCC[C@@H]2C)c(=O)c2ccccc12. The Morgan fingerprint density at radius 2 is 1.86 bits per heavy atom. The van der Waals surface area contributed by atoms with Gasteiger partial charge in [-0.25, -0.2) is 0 Å².